The minimum Gasteiger partial charge on any atom is -0.356 e. The Hall–Kier alpha value is -0.570. The molecule has 1 amide bonds. The maximum Gasteiger partial charge on any atom is 0.221 e. The van der Waals surface area contributed by atoms with Gasteiger partial charge in [0.05, 0.1) is 0 Å². The highest BCUT2D eigenvalue weighted by molar-refractivity contribution is 5.76. The van der Waals surface area contributed by atoms with Gasteiger partial charge in [-0.3, -0.25) is 4.79 Å². The molecule has 15 heavy (non-hydrogen) atoms. The van der Waals surface area contributed by atoms with Gasteiger partial charge in [0, 0.05) is 19.0 Å². The fourth-order valence-corrected chi connectivity index (χ4v) is 1.55. The minimum absolute atomic E-state index is 0.0830. The van der Waals surface area contributed by atoms with Crippen molar-refractivity contribution < 1.29 is 4.79 Å². The largest absolute Gasteiger partial charge is 0.356 e. The summed E-state index contributed by atoms with van der Waals surface area (Å²) in [5, 5.41) is 2.93. The first kappa shape index (κ1) is 12.5. The molecule has 0 radical (unpaired) electrons. The molecule has 1 aliphatic rings. The maximum absolute atomic E-state index is 11.5. The van der Waals surface area contributed by atoms with Crippen molar-refractivity contribution >= 4 is 5.91 Å². The zero-order valence-corrected chi connectivity index (χ0v) is 10.2. The molecule has 0 heterocycles. The van der Waals surface area contributed by atoms with Crippen molar-refractivity contribution in [3.63, 3.8) is 0 Å². The van der Waals surface area contributed by atoms with E-state index in [9.17, 15) is 4.79 Å². The Bertz CT molecular complexity index is 216. The fraction of sp³-hybridized carbons (Fsp3) is 0.917. The maximum atomic E-state index is 11.5. The van der Waals surface area contributed by atoms with Crippen LogP contribution in [0.1, 0.15) is 46.5 Å². The molecule has 1 aliphatic carbocycles. The van der Waals surface area contributed by atoms with Gasteiger partial charge in [-0.1, -0.05) is 20.8 Å². The number of amides is 1. The van der Waals surface area contributed by atoms with E-state index in [-0.39, 0.29) is 17.4 Å². The van der Waals surface area contributed by atoms with Crippen LogP contribution in [0, 0.1) is 11.3 Å². The van der Waals surface area contributed by atoms with Crippen LogP contribution >= 0.6 is 0 Å². The lowest BCUT2D eigenvalue weighted by Gasteiger charge is -2.18. The summed E-state index contributed by atoms with van der Waals surface area (Å²) in [6, 6.07) is 0.0830. The number of nitrogens with one attached hydrogen (secondary N) is 1. The Kier molecular flexibility index (Phi) is 4.14. The lowest BCUT2D eigenvalue weighted by molar-refractivity contribution is -0.121. The van der Waals surface area contributed by atoms with Gasteiger partial charge in [0.15, 0.2) is 0 Å². The summed E-state index contributed by atoms with van der Waals surface area (Å²) < 4.78 is 0. The second kappa shape index (κ2) is 4.97. The third-order valence-electron chi connectivity index (χ3n) is 2.85. The molecule has 3 nitrogen and oxygen atoms in total. The normalized spacial score (nSPS) is 18.7. The molecule has 0 aromatic rings. The van der Waals surface area contributed by atoms with E-state index < -0.39 is 0 Å². The van der Waals surface area contributed by atoms with Crippen molar-refractivity contribution in [3.8, 4) is 0 Å². The highest BCUT2D eigenvalue weighted by Crippen LogP contribution is 2.32. The molecular weight excluding hydrogens is 188 g/mol. The van der Waals surface area contributed by atoms with Crippen LogP contribution in [0.15, 0.2) is 0 Å². The molecule has 3 N–H and O–H groups in total. The number of nitrogens with two attached hydrogens (primary N) is 1. The quantitative estimate of drug-likeness (QED) is 0.728. The van der Waals surface area contributed by atoms with Crippen molar-refractivity contribution in [3.05, 3.63) is 0 Å². The van der Waals surface area contributed by atoms with E-state index in [2.05, 4.69) is 26.1 Å². The Morgan fingerprint density at radius 3 is 2.53 bits per heavy atom. The number of rotatable bonds is 5. The first-order chi connectivity index (χ1) is 6.88. The van der Waals surface area contributed by atoms with Gasteiger partial charge in [0.2, 0.25) is 5.91 Å². The Balaban J connectivity index is 2.07. The van der Waals surface area contributed by atoms with E-state index >= 15 is 0 Å². The molecule has 1 atom stereocenters. The van der Waals surface area contributed by atoms with Crippen LogP contribution in [0.25, 0.3) is 0 Å². The molecule has 1 fully saturated rings. The predicted octanol–water partition coefficient (Wildman–Crippen LogP) is 1.67. The number of carbonyl (C=O) groups is 1. The van der Waals surface area contributed by atoms with Gasteiger partial charge in [-0.15, -0.1) is 0 Å². The van der Waals surface area contributed by atoms with Gasteiger partial charge in [-0.05, 0) is 30.6 Å². The lowest BCUT2D eigenvalue weighted by atomic mass is 9.92. The van der Waals surface area contributed by atoms with Gasteiger partial charge in [-0.25, -0.2) is 0 Å². The highest BCUT2D eigenvalue weighted by Gasteiger charge is 2.29. The molecule has 0 aromatic carbocycles. The van der Waals surface area contributed by atoms with Crippen LogP contribution < -0.4 is 11.1 Å². The summed E-state index contributed by atoms with van der Waals surface area (Å²) in [7, 11) is 0. The van der Waals surface area contributed by atoms with E-state index in [1.54, 1.807) is 0 Å². The van der Waals surface area contributed by atoms with Crippen LogP contribution in [0.5, 0.6) is 0 Å². The van der Waals surface area contributed by atoms with Crippen molar-refractivity contribution in [2.45, 2.75) is 52.5 Å². The van der Waals surface area contributed by atoms with Gasteiger partial charge in [0.1, 0.15) is 0 Å². The first-order valence-electron chi connectivity index (χ1n) is 5.91. The summed E-state index contributed by atoms with van der Waals surface area (Å²) in [6.07, 6.45) is 3.92. The van der Waals surface area contributed by atoms with Crippen LogP contribution in [0.2, 0.25) is 0 Å². The summed E-state index contributed by atoms with van der Waals surface area (Å²) in [6.45, 7) is 7.29. The van der Waals surface area contributed by atoms with E-state index in [4.69, 9.17) is 5.73 Å². The van der Waals surface area contributed by atoms with Gasteiger partial charge in [0.25, 0.3) is 0 Å². The van der Waals surface area contributed by atoms with E-state index in [1.807, 2.05) is 0 Å². The van der Waals surface area contributed by atoms with Crippen molar-refractivity contribution in [2.24, 2.45) is 17.1 Å². The number of hydrogen-bond acceptors (Lipinski definition) is 2. The molecule has 1 saturated carbocycles. The van der Waals surface area contributed by atoms with Crippen LogP contribution in [-0.4, -0.2) is 18.5 Å². The molecule has 0 saturated heterocycles. The second-order valence-electron chi connectivity index (χ2n) is 5.87. The summed E-state index contributed by atoms with van der Waals surface area (Å²) >= 11 is 0. The Morgan fingerprint density at radius 1 is 1.47 bits per heavy atom. The molecule has 1 rings (SSSR count). The SMILES string of the molecule is CC(C)(C)CCNC(=O)CC(N)C1CC1. The first-order valence-corrected chi connectivity index (χ1v) is 5.91. The van der Waals surface area contributed by atoms with Gasteiger partial charge < -0.3 is 11.1 Å². The third-order valence-corrected chi connectivity index (χ3v) is 2.85. The van der Waals surface area contributed by atoms with Crippen LogP contribution in [0.3, 0.4) is 0 Å². The Morgan fingerprint density at radius 2 is 2.07 bits per heavy atom. The number of hydrogen-bond donors (Lipinski definition) is 2. The minimum atomic E-state index is 0.0830. The average Bonchev–Trinajstić information content (AvgIpc) is 2.82. The van der Waals surface area contributed by atoms with Crippen molar-refractivity contribution in [2.75, 3.05) is 6.54 Å². The average molecular weight is 212 g/mol. The summed E-state index contributed by atoms with van der Waals surface area (Å²) in [5.41, 5.74) is 6.16. The molecule has 0 bridgehead atoms. The van der Waals surface area contributed by atoms with Crippen molar-refractivity contribution in [1.82, 2.24) is 5.32 Å². The van der Waals surface area contributed by atoms with E-state index in [0.29, 0.717) is 12.3 Å². The summed E-state index contributed by atoms with van der Waals surface area (Å²) in [4.78, 5) is 11.5. The van der Waals surface area contributed by atoms with Crippen molar-refractivity contribution in [1.29, 1.82) is 0 Å². The molecule has 88 valence electrons. The van der Waals surface area contributed by atoms with Gasteiger partial charge >= 0.3 is 0 Å². The predicted molar refractivity (Wildman–Crippen MR) is 62.4 cm³/mol. The molecule has 1 unspecified atom stereocenters. The van der Waals surface area contributed by atoms with Crippen LogP contribution in [-0.2, 0) is 4.79 Å². The van der Waals surface area contributed by atoms with E-state index in [0.717, 1.165) is 13.0 Å². The molecule has 0 spiro atoms. The standard InChI is InChI=1S/C12H24N2O/c1-12(2,3)6-7-14-11(15)8-10(13)9-4-5-9/h9-10H,4-8,13H2,1-3H3,(H,14,15). The smallest absolute Gasteiger partial charge is 0.221 e. The summed E-state index contributed by atoms with van der Waals surface area (Å²) in [5.74, 6) is 0.719. The van der Waals surface area contributed by atoms with Crippen LogP contribution in [0.4, 0.5) is 0 Å². The zero-order chi connectivity index (χ0) is 11.5. The molecule has 3 heteroatoms. The topological polar surface area (TPSA) is 55.1 Å². The molecule has 0 aliphatic heterocycles. The van der Waals surface area contributed by atoms with Gasteiger partial charge in [-0.2, -0.15) is 0 Å². The monoisotopic (exact) mass is 212 g/mol. The highest BCUT2D eigenvalue weighted by atomic mass is 16.1. The second-order valence-corrected chi connectivity index (χ2v) is 5.87. The molecular formula is C12H24N2O. The Labute approximate surface area is 92.8 Å². The number of carbonyl (C=O) groups excluding carboxylic acids is 1. The lowest BCUT2D eigenvalue weighted by Crippen LogP contribution is -2.34. The third kappa shape index (κ3) is 5.78. The zero-order valence-electron chi connectivity index (χ0n) is 10.2. The fourth-order valence-electron chi connectivity index (χ4n) is 1.55. The van der Waals surface area contributed by atoms with E-state index in [1.165, 1.54) is 12.8 Å². The molecule has 0 aromatic heterocycles.